The van der Waals surface area contributed by atoms with E-state index < -0.39 is 0 Å². The molecule has 0 saturated heterocycles. The summed E-state index contributed by atoms with van der Waals surface area (Å²) in [4.78, 5) is 15.9. The molecule has 106 valence electrons. The first-order valence-electron chi connectivity index (χ1n) is 6.61. The van der Waals surface area contributed by atoms with Crippen molar-refractivity contribution in [2.45, 2.75) is 25.9 Å². The Morgan fingerprint density at radius 2 is 2.15 bits per heavy atom. The van der Waals surface area contributed by atoms with Crippen molar-refractivity contribution in [2.24, 2.45) is 7.05 Å². The molecule has 0 fully saturated rings. The van der Waals surface area contributed by atoms with Crippen molar-refractivity contribution in [3.05, 3.63) is 48.0 Å². The molecule has 0 spiro atoms. The maximum atomic E-state index is 11.9. The number of carbonyl (C=O) groups excluding carboxylic acids is 1. The second-order valence-electron chi connectivity index (χ2n) is 4.59. The molecule has 6 heteroatoms. The lowest BCUT2D eigenvalue weighted by atomic mass is 10.1. The summed E-state index contributed by atoms with van der Waals surface area (Å²) in [5.74, 6) is 0. The summed E-state index contributed by atoms with van der Waals surface area (Å²) in [6.45, 7) is 2.50. The first kappa shape index (κ1) is 14.0. The topological polar surface area (TPSA) is 71.8 Å². The van der Waals surface area contributed by atoms with Crippen LogP contribution in [0.1, 0.15) is 30.5 Å². The van der Waals surface area contributed by atoms with Gasteiger partial charge in [-0.15, -0.1) is 0 Å². The Morgan fingerprint density at radius 3 is 2.75 bits per heavy atom. The lowest BCUT2D eigenvalue weighted by Crippen LogP contribution is -2.37. The average molecular weight is 273 g/mol. The van der Waals surface area contributed by atoms with Crippen LogP contribution < -0.4 is 10.6 Å². The largest absolute Gasteiger partial charge is 0.334 e. The van der Waals surface area contributed by atoms with Crippen LogP contribution in [0.25, 0.3) is 0 Å². The number of hydrogen-bond acceptors (Lipinski definition) is 3. The molecule has 0 aliphatic rings. The Kier molecular flexibility index (Phi) is 4.70. The van der Waals surface area contributed by atoms with Crippen LogP contribution >= 0.6 is 0 Å². The SMILES string of the molecule is CC[C@H](NC(=O)NCc1cnn(C)c1)c1ccncc1. The van der Waals surface area contributed by atoms with Gasteiger partial charge in [0.15, 0.2) is 0 Å². The Bertz CT molecular complexity index is 552. The predicted octanol–water partition coefficient (Wildman–Crippen LogP) is 1.77. The number of carbonyl (C=O) groups is 1. The van der Waals surface area contributed by atoms with Crippen molar-refractivity contribution >= 4 is 6.03 Å². The zero-order valence-electron chi connectivity index (χ0n) is 11.7. The molecular weight excluding hydrogens is 254 g/mol. The Balaban J connectivity index is 1.86. The van der Waals surface area contributed by atoms with Crippen LogP contribution in [-0.2, 0) is 13.6 Å². The number of nitrogens with one attached hydrogen (secondary N) is 2. The minimum absolute atomic E-state index is 0.00750. The van der Waals surface area contributed by atoms with Gasteiger partial charge in [-0.1, -0.05) is 6.92 Å². The summed E-state index contributed by atoms with van der Waals surface area (Å²) in [5.41, 5.74) is 2.03. The van der Waals surface area contributed by atoms with Gasteiger partial charge in [0, 0.05) is 37.7 Å². The number of aromatic nitrogens is 3. The predicted molar refractivity (Wildman–Crippen MR) is 75.8 cm³/mol. The van der Waals surface area contributed by atoms with Gasteiger partial charge in [0.25, 0.3) is 0 Å². The second kappa shape index (κ2) is 6.70. The van der Waals surface area contributed by atoms with Gasteiger partial charge in [0.1, 0.15) is 0 Å². The third-order valence-electron chi connectivity index (χ3n) is 3.03. The van der Waals surface area contributed by atoms with Gasteiger partial charge < -0.3 is 10.6 Å². The Hall–Kier alpha value is -2.37. The highest BCUT2D eigenvalue weighted by Gasteiger charge is 2.12. The first-order valence-corrected chi connectivity index (χ1v) is 6.61. The van der Waals surface area contributed by atoms with Gasteiger partial charge in [-0.2, -0.15) is 5.10 Å². The van der Waals surface area contributed by atoms with Crippen LogP contribution in [-0.4, -0.2) is 20.8 Å². The molecule has 1 atom stereocenters. The van der Waals surface area contributed by atoms with Crippen molar-refractivity contribution in [2.75, 3.05) is 0 Å². The van der Waals surface area contributed by atoms with Gasteiger partial charge in [0.05, 0.1) is 12.2 Å². The summed E-state index contributed by atoms with van der Waals surface area (Å²) in [6, 6.07) is 3.63. The minimum Gasteiger partial charge on any atom is -0.334 e. The smallest absolute Gasteiger partial charge is 0.315 e. The normalized spacial score (nSPS) is 11.9. The van der Waals surface area contributed by atoms with Crippen molar-refractivity contribution in [1.82, 2.24) is 25.4 Å². The third-order valence-corrected chi connectivity index (χ3v) is 3.03. The van der Waals surface area contributed by atoms with Gasteiger partial charge in [0.2, 0.25) is 0 Å². The number of amides is 2. The molecule has 0 radical (unpaired) electrons. The van der Waals surface area contributed by atoms with Crippen LogP contribution in [0.4, 0.5) is 4.79 Å². The highest BCUT2D eigenvalue weighted by atomic mass is 16.2. The first-order chi connectivity index (χ1) is 9.69. The molecule has 2 aromatic rings. The third kappa shape index (κ3) is 3.81. The maximum absolute atomic E-state index is 11.9. The van der Waals surface area contributed by atoms with E-state index in [1.165, 1.54) is 0 Å². The summed E-state index contributed by atoms with van der Waals surface area (Å²) in [5, 5.41) is 9.84. The quantitative estimate of drug-likeness (QED) is 0.872. The van der Waals surface area contributed by atoms with Crippen LogP contribution in [0.3, 0.4) is 0 Å². The van der Waals surface area contributed by atoms with E-state index in [1.807, 2.05) is 32.3 Å². The van der Waals surface area contributed by atoms with E-state index in [0.717, 1.165) is 17.5 Å². The molecule has 0 aliphatic heterocycles. The van der Waals surface area contributed by atoms with E-state index >= 15 is 0 Å². The monoisotopic (exact) mass is 273 g/mol. The summed E-state index contributed by atoms with van der Waals surface area (Å²) >= 11 is 0. The van der Waals surface area contributed by atoms with E-state index in [-0.39, 0.29) is 12.1 Å². The van der Waals surface area contributed by atoms with Crippen molar-refractivity contribution in [3.8, 4) is 0 Å². The molecule has 20 heavy (non-hydrogen) atoms. The molecule has 0 aliphatic carbocycles. The number of hydrogen-bond donors (Lipinski definition) is 2. The molecule has 2 N–H and O–H groups in total. The standard InChI is InChI=1S/C14H19N5O/c1-3-13(12-4-6-15-7-5-12)18-14(20)16-8-11-9-17-19(2)10-11/h4-7,9-10,13H,3,8H2,1-2H3,(H2,16,18,20)/t13-/m0/s1. The van der Waals surface area contributed by atoms with E-state index in [1.54, 1.807) is 23.3 Å². The average Bonchev–Trinajstić information content (AvgIpc) is 2.89. The molecule has 0 aromatic carbocycles. The highest BCUT2D eigenvalue weighted by Crippen LogP contribution is 2.14. The van der Waals surface area contributed by atoms with Crippen LogP contribution in [0.2, 0.25) is 0 Å². The lowest BCUT2D eigenvalue weighted by Gasteiger charge is -2.17. The van der Waals surface area contributed by atoms with E-state index in [2.05, 4.69) is 20.7 Å². The fourth-order valence-corrected chi connectivity index (χ4v) is 1.97. The van der Waals surface area contributed by atoms with E-state index in [4.69, 9.17) is 0 Å². The number of pyridine rings is 1. The molecule has 0 unspecified atom stereocenters. The second-order valence-corrected chi connectivity index (χ2v) is 4.59. The fraction of sp³-hybridized carbons (Fsp3) is 0.357. The van der Waals surface area contributed by atoms with Crippen LogP contribution in [0.15, 0.2) is 36.9 Å². The van der Waals surface area contributed by atoms with Crippen molar-refractivity contribution in [1.29, 1.82) is 0 Å². The summed E-state index contributed by atoms with van der Waals surface area (Å²) in [6.07, 6.45) is 7.89. The maximum Gasteiger partial charge on any atom is 0.315 e. The molecule has 2 heterocycles. The minimum atomic E-state index is -0.183. The Labute approximate surface area is 118 Å². The number of rotatable bonds is 5. The van der Waals surface area contributed by atoms with E-state index in [9.17, 15) is 4.79 Å². The lowest BCUT2D eigenvalue weighted by molar-refractivity contribution is 0.236. The van der Waals surface area contributed by atoms with Gasteiger partial charge in [-0.25, -0.2) is 4.79 Å². The fourth-order valence-electron chi connectivity index (χ4n) is 1.97. The Morgan fingerprint density at radius 1 is 1.40 bits per heavy atom. The molecule has 2 amide bonds. The van der Waals surface area contributed by atoms with Crippen molar-refractivity contribution in [3.63, 3.8) is 0 Å². The number of nitrogens with zero attached hydrogens (tertiary/aromatic N) is 3. The highest BCUT2D eigenvalue weighted by molar-refractivity contribution is 5.74. The molecule has 0 bridgehead atoms. The van der Waals surface area contributed by atoms with Crippen molar-refractivity contribution < 1.29 is 4.79 Å². The molecule has 0 saturated carbocycles. The van der Waals surface area contributed by atoms with E-state index in [0.29, 0.717) is 6.54 Å². The molecular formula is C14H19N5O. The van der Waals surface area contributed by atoms with Crippen LogP contribution in [0.5, 0.6) is 0 Å². The summed E-state index contributed by atoms with van der Waals surface area (Å²) < 4.78 is 1.71. The number of urea groups is 1. The van der Waals surface area contributed by atoms with Gasteiger partial charge in [-0.3, -0.25) is 9.67 Å². The zero-order valence-corrected chi connectivity index (χ0v) is 11.7. The number of aryl methyl sites for hydroxylation is 1. The van der Waals surface area contributed by atoms with Crippen LogP contribution in [0, 0.1) is 0 Å². The summed E-state index contributed by atoms with van der Waals surface area (Å²) in [7, 11) is 1.85. The van der Waals surface area contributed by atoms with Gasteiger partial charge in [-0.05, 0) is 24.1 Å². The molecule has 6 nitrogen and oxygen atoms in total. The van der Waals surface area contributed by atoms with Gasteiger partial charge >= 0.3 is 6.03 Å². The molecule has 2 aromatic heterocycles. The molecule has 2 rings (SSSR count). The zero-order chi connectivity index (χ0) is 14.4.